The number of amides is 1. The Morgan fingerprint density at radius 3 is 2.03 bits per heavy atom. The molecular weight excluding hydrogens is 811 g/mol. The second-order valence-electron chi connectivity index (χ2n) is 19.7. The molecule has 0 radical (unpaired) electrons. The van der Waals surface area contributed by atoms with E-state index in [1.807, 2.05) is 37.3 Å². The van der Waals surface area contributed by atoms with E-state index in [4.69, 9.17) is 29.9 Å². The van der Waals surface area contributed by atoms with Crippen molar-refractivity contribution in [1.82, 2.24) is 10.2 Å². The Morgan fingerprint density at radius 2 is 1.53 bits per heavy atom. The van der Waals surface area contributed by atoms with Gasteiger partial charge in [0.1, 0.15) is 24.1 Å². The fourth-order valence-corrected chi connectivity index (χ4v) is 10.3. The summed E-state index contributed by atoms with van der Waals surface area (Å²) in [5.74, 6) is 1.76. The second-order valence-corrected chi connectivity index (χ2v) is 30.4. The molecule has 62 heavy (non-hydrogen) atoms. The summed E-state index contributed by atoms with van der Waals surface area (Å²) in [5.41, 5.74) is 8.01. The van der Waals surface area contributed by atoms with Gasteiger partial charge in [0.05, 0.1) is 35.0 Å². The summed E-state index contributed by atoms with van der Waals surface area (Å²) < 4.78 is 30.8. The molecule has 1 saturated heterocycles. The standard InChI is InChI=1S/C42H57N3O7Si.C8H20Si/c1-28-38(48-6)29(25-37(39(28)49-7)52-53(8,9)42(2,3)4)24-36(40(43-5)45-21-23-50-30(26-45)16-14-15-22-46)44-41(47)51-27-35-33-19-12-10-17-31(33)32-18-11-13-20-34(32)35;1-7(2)9(5,6)8(3)4/h10-13,17-20,25,30,35-36,40,46H,14-16,21-24,26-27H2,1-4,6-9H3,(H,44,47);7-8H,1-6H3/t30-,36-,40+;/m0./s1. The molecule has 1 heterocycles. The Hall–Kier alpha value is -3.87. The lowest BCUT2D eigenvalue weighted by Crippen LogP contribution is -2.56. The van der Waals surface area contributed by atoms with Crippen LogP contribution in [0.25, 0.3) is 16.0 Å². The van der Waals surface area contributed by atoms with Crippen LogP contribution in [0.1, 0.15) is 95.9 Å². The summed E-state index contributed by atoms with van der Waals surface area (Å²) in [7, 11) is 0.115. The minimum atomic E-state index is -2.28. The topological polar surface area (TPSA) is 103 Å². The zero-order valence-electron chi connectivity index (χ0n) is 40.3. The number of aliphatic hydroxyl groups excluding tert-OH is 1. The SMILES string of the molecule is CC(C)[Si](C)(C)C(C)C.[C-]#[N+][C@@H]([C@H](Cc1cc(O[Si](C)(C)C(C)(C)C)c(OC)c(C)c1OC)NC(=O)OCC1c2ccccc2-c2ccccc21)N1CCO[C@@H](CCCCO)C1. The molecule has 0 aromatic heterocycles. The van der Waals surface area contributed by atoms with Crippen LogP contribution < -0.4 is 19.2 Å². The number of benzene rings is 3. The highest BCUT2D eigenvalue weighted by Gasteiger charge is 2.42. The summed E-state index contributed by atoms with van der Waals surface area (Å²) in [6, 6.07) is 17.8. The number of carbonyl (C=O) groups excluding carboxylic acids is 1. The third-order valence-corrected chi connectivity index (χ3v) is 24.4. The number of ether oxygens (including phenoxy) is 4. The number of morpholine rings is 1. The van der Waals surface area contributed by atoms with Gasteiger partial charge in [-0.25, -0.2) is 16.3 Å². The van der Waals surface area contributed by atoms with Gasteiger partial charge in [-0.15, -0.1) is 0 Å². The van der Waals surface area contributed by atoms with Crippen LogP contribution in [-0.2, 0) is 15.9 Å². The normalized spacial score (nSPS) is 16.7. The Bertz CT molecular complexity index is 1920. The smallest absolute Gasteiger partial charge is 0.407 e. The number of unbranched alkanes of at least 4 members (excludes halogenated alkanes) is 1. The van der Waals surface area contributed by atoms with E-state index in [1.54, 1.807) is 14.2 Å². The highest BCUT2D eigenvalue weighted by molar-refractivity contribution is 6.79. The molecule has 1 aliphatic heterocycles. The van der Waals surface area contributed by atoms with Crippen LogP contribution in [0, 0.1) is 13.5 Å². The molecule has 0 saturated carbocycles. The van der Waals surface area contributed by atoms with Crippen LogP contribution in [0.5, 0.6) is 17.2 Å². The molecule has 0 spiro atoms. The Morgan fingerprint density at radius 1 is 0.952 bits per heavy atom. The lowest BCUT2D eigenvalue weighted by atomic mass is 9.98. The van der Waals surface area contributed by atoms with Crippen molar-refractivity contribution in [3.63, 3.8) is 0 Å². The van der Waals surface area contributed by atoms with E-state index in [2.05, 4.69) is 114 Å². The van der Waals surface area contributed by atoms with Crippen molar-refractivity contribution in [2.45, 2.75) is 148 Å². The van der Waals surface area contributed by atoms with Crippen molar-refractivity contribution in [1.29, 1.82) is 0 Å². The highest BCUT2D eigenvalue weighted by Crippen LogP contribution is 2.46. The van der Waals surface area contributed by atoms with Crippen molar-refractivity contribution in [2.75, 3.05) is 47.1 Å². The number of hydrogen-bond acceptors (Lipinski definition) is 8. The first-order valence-electron chi connectivity index (χ1n) is 22.6. The number of aliphatic hydroxyl groups is 1. The summed E-state index contributed by atoms with van der Waals surface area (Å²) in [4.78, 5) is 20.1. The maximum absolute atomic E-state index is 13.9. The van der Waals surface area contributed by atoms with Gasteiger partial charge in [0, 0.05) is 43.2 Å². The van der Waals surface area contributed by atoms with E-state index < -0.39 is 34.7 Å². The first-order chi connectivity index (χ1) is 29.2. The molecule has 1 aliphatic carbocycles. The van der Waals surface area contributed by atoms with Crippen LogP contribution in [0.3, 0.4) is 0 Å². The van der Waals surface area contributed by atoms with E-state index in [0.29, 0.717) is 43.4 Å². The number of carbonyl (C=O) groups is 1. The quantitative estimate of drug-likeness (QED) is 0.0785. The molecule has 1 fully saturated rings. The van der Waals surface area contributed by atoms with Crippen LogP contribution in [-0.4, -0.2) is 97.9 Å². The summed E-state index contributed by atoms with van der Waals surface area (Å²) >= 11 is 0. The van der Waals surface area contributed by atoms with Gasteiger partial charge in [0.2, 0.25) is 0 Å². The first kappa shape index (κ1) is 50.8. The minimum Gasteiger partial charge on any atom is -0.541 e. The van der Waals surface area contributed by atoms with E-state index in [0.717, 1.165) is 57.3 Å². The zero-order valence-corrected chi connectivity index (χ0v) is 42.3. The molecule has 342 valence electrons. The Balaban J connectivity index is 0.000000843. The zero-order chi connectivity index (χ0) is 46.0. The monoisotopic (exact) mass is 888 g/mol. The van der Waals surface area contributed by atoms with E-state index in [-0.39, 0.29) is 36.7 Å². The molecule has 1 amide bonds. The second kappa shape index (κ2) is 22.2. The maximum atomic E-state index is 13.9. The predicted octanol–water partition coefficient (Wildman–Crippen LogP) is 11.5. The van der Waals surface area contributed by atoms with Crippen molar-refractivity contribution >= 4 is 22.5 Å². The number of nitrogens with one attached hydrogen (secondary N) is 1. The first-order valence-corrected chi connectivity index (χ1v) is 28.7. The average Bonchev–Trinajstić information content (AvgIpc) is 3.53. The largest absolute Gasteiger partial charge is 0.541 e. The summed E-state index contributed by atoms with van der Waals surface area (Å²) in [6.45, 7) is 37.6. The third-order valence-electron chi connectivity index (χ3n) is 14.1. The number of fused-ring (bicyclic) bond motifs is 3. The van der Waals surface area contributed by atoms with Gasteiger partial charge < -0.3 is 33.8 Å². The molecule has 3 atom stereocenters. The van der Waals surface area contributed by atoms with Gasteiger partial charge in [-0.2, -0.15) is 0 Å². The Kier molecular flexibility index (Phi) is 18.1. The molecule has 3 aromatic carbocycles. The van der Waals surface area contributed by atoms with E-state index in [1.165, 1.54) is 0 Å². The van der Waals surface area contributed by atoms with Gasteiger partial charge in [0.15, 0.2) is 5.75 Å². The molecule has 2 N–H and O–H groups in total. The molecule has 10 nitrogen and oxygen atoms in total. The lowest BCUT2D eigenvalue weighted by Gasteiger charge is -2.37. The van der Waals surface area contributed by atoms with Crippen molar-refractivity contribution in [3.05, 3.63) is 88.3 Å². The van der Waals surface area contributed by atoms with Crippen molar-refractivity contribution < 1.29 is 33.3 Å². The number of alkyl carbamates (subject to hydrolysis) is 1. The van der Waals surface area contributed by atoms with Gasteiger partial charge in [-0.05, 0) is 72.6 Å². The molecule has 0 unspecified atom stereocenters. The van der Waals surface area contributed by atoms with Crippen molar-refractivity contribution in [3.8, 4) is 28.4 Å². The van der Waals surface area contributed by atoms with Crippen LogP contribution in [0.2, 0.25) is 42.3 Å². The molecular formula is C50H77N3O7Si2. The number of rotatable bonds is 17. The number of hydrogen-bond donors (Lipinski definition) is 2. The van der Waals surface area contributed by atoms with Gasteiger partial charge >= 0.3 is 6.09 Å². The van der Waals surface area contributed by atoms with Gasteiger partial charge in [-0.3, -0.25) is 4.85 Å². The van der Waals surface area contributed by atoms with E-state index in [9.17, 15) is 9.90 Å². The number of methoxy groups -OCH3 is 2. The van der Waals surface area contributed by atoms with Crippen LogP contribution >= 0.6 is 0 Å². The highest BCUT2D eigenvalue weighted by atomic mass is 28.4. The molecule has 2 aliphatic rings. The minimum absolute atomic E-state index is 0.0561. The predicted molar refractivity (Wildman–Crippen MR) is 258 cm³/mol. The lowest BCUT2D eigenvalue weighted by molar-refractivity contribution is -0.0459. The molecule has 5 rings (SSSR count). The molecule has 3 aromatic rings. The number of nitrogens with zero attached hydrogens (tertiary/aromatic N) is 2. The average molecular weight is 888 g/mol. The van der Waals surface area contributed by atoms with Gasteiger partial charge in [0.25, 0.3) is 14.5 Å². The van der Waals surface area contributed by atoms with Crippen LogP contribution in [0.4, 0.5) is 4.79 Å². The fourth-order valence-electron chi connectivity index (χ4n) is 8.00. The third kappa shape index (κ3) is 12.2. The summed E-state index contributed by atoms with van der Waals surface area (Å²) in [6.07, 6.45) is 1.23. The molecule has 12 heteroatoms. The Labute approximate surface area is 376 Å². The van der Waals surface area contributed by atoms with E-state index >= 15 is 0 Å². The fraction of sp³-hybridized carbons (Fsp3) is 0.600. The van der Waals surface area contributed by atoms with Gasteiger partial charge in [-0.1, -0.05) is 121 Å². The maximum Gasteiger partial charge on any atom is 0.407 e. The van der Waals surface area contributed by atoms with Crippen molar-refractivity contribution in [2.24, 2.45) is 0 Å². The summed E-state index contributed by atoms with van der Waals surface area (Å²) in [5, 5.41) is 12.4. The van der Waals surface area contributed by atoms with Crippen LogP contribution in [0.15, 0.2) is 54.6 Å². The molecule has 0 bridgehead atoms.